The Morgan fingerprint density at radius 1 is 1.11 bits per heavy atom. The van der Waals surface area contributed by atoms with Crippen LogP contribution in [0.5, 0.6) is 0 Å². The molecule has 1 saturated carbocycles. The number of guanidine groups is 1. The first kappa shape index (κ1) is 27.4. The maximum absolute atomic E-state index is 11.9. The third-order valence-corrected chi connectivity index (χ3v) is 5.20. The minimum Gasteiger partial charge on any atom is -0.466 e. The van der Waals surface area contributed by atoms with Gasteiger partial charge >= 0.3 is 5.97 Å². The van der Waals surface area contributed by atoms with Gasteiger partial charge in [0, 0.05) is 37.8 Å². The predicted octanol–water partition coefficient (Wildman–Crippen LogP) is 3.79. The number of carbonyl (C=O) groups is 1. The Bertz CT molecular complexity index is 442. The minimum atomic E-state index is -0.0311. The molecule has 1 aliphatic carbocycles. The van der Waals surface area contributed by atoms with Crippen molar-refractivity contribution in [2.24, 2.45) is 10.9 Å². The zero-order valence-corrected chi connectivity index (χ0v) is 21.1. The van der Waals surface area contributed by atoms with Crippen molar-refractivity contribution in [2.45, 2.75) is 91.8 Å². The van der Waals surface area contributed by atoms with E-state index in [0.29, 0.717) is 24.7 Å². The molecule has 28 heavy (non-hydrogen) atoms. The van der Waals surface area contributed by atoms with Crippen LogP contribution in [0.1, 0.15) is 73.6 Å². The van der Waals surface area contributed by atoms with Crippen molar-refractivity contribution in [1.29, 1.82) is 0 Å². The highest BCUT2D eigenvalue weighted by molar-refractivity contribution is 14.0. The maximum Gasteiger partial charge on any atom is 0.308 e. The summed E-state index contributed by atoms with van der Waals surface area (Å²) in [5, 5.41) is 6.91. The van der Waals surface area contributed by atoms with Crippen LogP contribution in [-0.4, -0.2) is 61.2 Å². The highest BCUT2D eigenvalue weighted by Crippen LogP contribution is 2.25. The number of hydrogen-bond acceptors (Lipinski definition) is 4. The summed E-state index contributed by atoms with van der Waals surface area (Å²) in [5.41, 5.74) is 0. The van der Waals surface area contributed by atoms with Crippen LogP contribution in [0.3, 0.4) is 0 Å². The summed E-state index contributed by atoms with van der Waals surface area (Å²) in [6.07, 6.45) is 4.83. The fourth-order valence-corrected chi connectivity index (χ4v) is 3.80. The van der Waals surface area contributed by atoms with Crippen LogP contribution in [0.4, 0.5) is 0 Å². The molecule has 0 atom stereocenters. The number of nitrogens with one attached hydrogen (secondary N) is 2. The first-order valence-electron chi connectivity index (χ1n) is 10.9. The average Bonchev–Trinajstić information content (AvgIpc) is 2.61. The van der Waals surface area contributed by atoms with Crippen molar-refractivity contribution in [3.05, 3.63) is 0 Å². The Labute approximate surface area is 189 Å². The number of nitrogens with zero attached hydrogens (tertiary/aromatic N) is 2. The largest absolute Gasteiger partial charge is 0.466 e. The Balaban J connectivity index is 0.00000729. The molecule has 0 unspecified atom stereocenters. The molecule has 1 aliphatic rings. The first-order chi connectivity index (χ1) is 12.9. The van der Waals surface area contributed by atoms with E-state index in [9.17, 15) is 4.79 Å². The normalized spacial score (nSPS) is 20.2. The summed E-state index contributed by atoms with van der Waals surface area (Å²) in [7, 11) is 0. The molecule has 0 aromatic heterocycles. The molecule has 0 radical (unpaired) electrons. The molecule has 166 valence electrons. The molecule has 0 aromatic carbocycles. The fourth-order valence-electron chi connectivity index (χ4n) is 3.80. The zero-order chi connectivity index (χ0) is 20.2. The molecule has 0 saturated heterocycles. The number of rotatable bonds is 10. The molecule has 6 nitrogen and oxygen atoms in total. The van der Waals surface area contributed by atoms with Crippen LogP contribution >= 0.6 is 24.0 Å². The Morgan fingerprint density at radius 2 is 1.71 bits per heavy atom. The van der Waals surface area contributed by atoms with Gasteiger partial charge in [-0.1, -0.05) is 0 Å². The molecule has 2 N–H and O–H groups in total. The van der Waals surface area contributed by atoms with Crippen molar-refractivity contribution < 1.29 is 9.53 Å². The highest BCUT2D eigenvalue weighted by Gasteiger charge is 2.27. The molecule has 7 heteroatoms. The van der Waals surface area contributed by atoms with Gasteiger partial charge in [0.15, 0.2) is 5.96 Å². The Morgan fingerprint density at radius 3 is 2.21 bits per heavy atom. The molecule has 0 amide bonds. The third kappa shape index (κ3) is 10.3. The molecular formula is C21H43IN4O2. The second kappa shape index (κ2) is 15.3. The second-order valence-electron chi connectivity index (χ2n) is 7.98. The van der Waals surface area contributed by atoms with Crippen LogP contribution in [0, 0.1) is 5.92 Å². The van der Waals surface area contributed by atoms with Crippen LogP contribution in [0.2, 0.25) is 0 Å². The van der Waals surface area contributed by atoms with E-state index in [1.807, 2.05) is 6.92 Å². The van der Waals surface area contributed by atoms with Crippen molar-refractivity contribution in [2.75, 3.05) is 26.2 Å². The first-order valence-corrected chi connectivity index (χ1v) is 10.9. The summed E-state index contributed by atoms with van der Waals surface area (Å²) in [4.78, 5) is 19.1. The van der Waals surface area contributed by atoms with Gasteiger partial charge in [0.25, 0.3) is 0 Å². The highest BCUT2D eigenvalue weighted by atomic mass is 127. The molecule has 1 fully saturated rings. The minimum absolute atomic E-state index is 0. The standard InChI is InChI=1S/C21H42N4O2.HI/c1-7-22-21(23-14-9-15-25(16(3)4)17(5)6)24-19-12-10-18(11-13-19)20(26)27-8-2;/h16-19H,7-15H2,1-6H3,(H2,22,23,24);1H. The summed E-state index contributed by atoms with van der Waals surface area (Å²) in [6.45, 7) is 16.2. The van der Waals surface area contributed by atoms with E-state index in [4.69, 9.17) is 9.73 Å². The number of halogens is 1. The summed E-state index contributed by atoms with van der Waals surface area (Å²) in [6, 6.07) is 1.51. The molecule has 1 rings (SSSR count). The van der Waals surface area contributed by atoms with Gasteiger partial charge in [-0.2, -0.15) is 0 Å². The van der Waals surface area contributed by atoms with Crippen molar-refractivity contribution >= 4 is 35.9 Å². The lowest BCUT2D eigenvalue weighted by Crippen LogP contribution is -2.45. The van der Waals surface area contributed by atoms with Crippen molar-refractivity contribution in [1.82, 2.24) is 15.5 Å². The van der Waals surface area contributed by atoms with Gasteiger partial charge in [0.1, 0.15) is 0 Å². The van der Waals surface area contributed by atoms with Gasteiger partial charge in [-0.05, 0) is 73.6 Å². The topological polar surface area (TPSA) is 66.0 Å². The predicted molar refractivity (Wildman–Crippen MR) is 129 cm³/mol. The quantitative estimate of drug-likeness (QED) is 0.154. The Kier molecular flexibility index (Phi) is 15.0. The van der Waals surface area contributed by atoms with E-state index in [2.05, 4.69) is 50.2 Å². The van der Waals surface area contributed by atoms with Crippen LogP contribution in [0.15, 0.2) is 4.99 Å². The summed E-state index contributed by atoms with van der Waals surface area (Å²) < 4.78 is 5.16. The monoisotopic (exact) mass is 510 g/mol. The number of aliphatic imine (C=N–C) groups is 1. The van der Waals surface area contributed by atoms with Crippen molar-refractivity contribution in [3.63, 3.8) is 0 Å². The third-order valence-electron chi connectivity index (χ3n) is 5.20. The SMILES string of the molecule is CCNC(=NCCCN(C(C)C)C(C)C)NC1CCC(C(=O)OCC)CC1.I. The molecule has 0 heterocycles. The van der Waals surface area contributed by atoms with E-state index in [0.717, 1.165) is 57.7 Å². The lowest BCUT2D eigenvalue weighted by atomic mass is 9.86. The lowest BCUT2D eigenvalue weighted by Gasteiger charge is -2.30. The lowest BCUT2D eigenvalue weighted by molar-refractivity contribution is -0.149. The summed E-state index contributed by atoms with van der Waals surface area (Å²) in [5.74, 6) is 0.940. The number of ether oxygens (including phenoxy) is 1. The summed E-state index contributed by atoms with van der Waals surface area (Å²) >= 11 is 0. The van der Waals surface area contributed by atoms with Gasteiger partial charge in [0.2, 0.25) is 0 Å². The zero-order valence-electron chi connectivity index (χ0n) is 18.8. The van der Waals surface area contributed by atoms with Gasteiger partial charge in [-0.15, -0.1) is 24.0 Å². The van der Waals surface area contributed by atoms with E-state index in [1.54, 1.807) is 0 Å². The molecule has 0 bridgehead atoms. The van der Waals surface area contributed by atoms with E-state index >= 15 is 0 Å². The molecule has 0 aliphatic heterocycles. The number of carbonyl (C=O) groups excluding carboxylic acids is 1. The van der Waals surface area contributed by atoms with Gasteiger partial charge in [0.05, 0.1) is 12.5 Å². The average molecular weight is 511 g/mol. The van der Waals surface area contributed by atoms with Gasteiger partial charge in [-0.25, -0.2) is 0 Å². The smallest absolute Gasteiger partial charge is 0.308 e. The van der Waals surface area contributed by atoms with Crippen molar-refractivity contribution in [3.8, 4) is 0 Å². The van der Waals surface area contributed by atoms with E-state index in [-0.39, 0.29) is 35.9 Å². The van der Waals surface area contributed by atoms with Crippen LogP contribution < -0.4 is 10.6 Å². The Hall–Kier alpha value is -0.570. The van der Waals surface area contributed by atoms with Gasteiger partial charge < -0.3 is 15.4 Å². The maximum atomic E-state index is 11.9. The number of hydrogen-bond donors (Lipinski definition) is 2. The van der Waals surface area contributed by atoms with Gasteiger partial charge in [-0.3, -0.25) is 14.7 Å². The van der Waals surface area contributed by atoms with E-state index < -0.39 is 0 Å². The second-order valence-corrected chi connectivity index (χ2v) is 7.98. The molecule has 0 aromatic rings. The molecular weight excluding hydrogens is 467 g/mol. The van der Waals surface area contributed by atoms with Crippen LogP contribution in [0.25, 0.3) is 0 Å². The molecule has 0 spiro atoms. The fraction of sp³-hybridized carbons (Fsp3) is 0.905. The van der Waals surface area contributed by atoms with E-state index in [1.165, 1.54) is 0 Å². The number of esters is 1. The van der Waals surface area contributed by atoms with Crippen LogP contribution in [-0.2, 0) is 9.53 Å².